The summed E-state index contributed by atoms with van der Waals surface area (Å²) in [7, 11) is 0. The summed E-state index contributed by atoms with van der Waals surface area (Å²) >= 11 is 1.52. The molecule has 6 nitrogen and oxygen atoms in total. The van der Waals surface area contributed by atoms with Crippen LogP contribution in [0.5, 0.6) is 0 Å². The number of aromatic nitrogens is 3. The van der Waals surface area contributed by atoms with Crippen molar-refractivity contribution in [3.8, 4) is 0 Å². The number of amides is 1. The fraction of sp³-hybridized carbons (Fsp3) is 0.125. The average molecular weight is 431 g/mol. The minimum absolute atomic E-state index is 0.0920. The van der Waals surface area contributed by atoms with Crippen molar-refractivity contribution in [2.75, 3.05) is 0 Å². The van der Waals surface area contributed by atoms with E-state index in [9.17, 15) is 4.79 Å². The summed E-state index contributed by atoms with van der Waals surface area (Å²) in [6.45, 7) is 3.73. The van der Waals surface area contributed by atoms with Gasteiger partial charge >= 0.3 is 0 Å². The number of rotatable bonds is 7. The van der Waals surface area contributed by atoms with Gasteiger partial charge in [0.15, 0.2) is 0 Å². The predicted octanol–water partition coefficient (Wildman–Crippen LogP) is 5.28. The van der Waals surface area contributed by atoms with E-state index >= 15 is 0 Å². The number of hydrogen-bond donors (Lipinski definition) is 1. The number of fused-ring (bicyclic) bond motifs is 1. The van der Waals surface area contributed by atoms with Crippen molar-refractivity contribution in [1.82, 2.24) is 20.2 Å². The van der Waals surface area contributed by atoms with Crippen molar-refractivity contribution in [3.05, 3.63) is 84.3 Å². The third-order valence-electron chi connectivity index (χ3n) is 4.39. The molecule has 0 unspecified atom stereocenters. The monoisotopic (exact) mass is 430 g/mol. The van der Waals surface area contributed by atoms with Crippen molar-refractivity contribution >= 4 is 40.8 Å². The number of pyridine rings is 1. The van der Waals surface area contributed by atoms with Gasteiger partial charge in [0.2, 0.25) is 0 Å². The van der Waals surface area contributed by atoms with Crippen molar-refractivity contribution < 1.29 is 9.63 Å². The first-order chi connectivity index (χ1) is 15.1. The maximum absolute atomic E-state index is 12.5. The van der Waals surface area contributed by atoms with E-state index in [0.717, 1.165) is 26.4 Å². The number of nitrogens with zero attached hydrogens (tertiary/aromatic N) is 3. The standard InChI is InChI=1S/C24H22N4O2S/c1-17(2)30-27-24(29)21-8-3-4-9-23(21)31-20-11-10-18-16-26-28(22(18)15-20)14-12-19-7-5-6-13-25-19/h3-17H,1-2H3,(H,27,29). The number of benzene rings is 2. The molecule has 156 valence electrons. The minimum atomic E-state index is -0.263. The molecule has 0 aliphatic rings. The number of nitrogens with one attached hydrogen (secondary N) is 1. The first kappa shape index (κ1) is 20.8. The molecule has 0 aliphatic carbocycles. The lowest BCUT2D eigenvalue weighted by molar-refractivity contribution is -0.00000429. The quantitative estimate of drug-likeness (QED) is 0.404. The SMILES string of the molecule is CC(C)ONC(=O)c1ccccc1Sc1ccc2cnn(C=Cc3ccccn3)c2c1. The van der Waals surface area contributed by atoms with Crippen molar-refractivity contribution in [3.63, 3.8) is 0 Å². The van der Waals surface area contributed by atoms with E-state index in [2.05, 4.69) is 21.6 Å². The molecule has 0 fully saturated rings. The van der Waals surface area contributed by atoms with E-state index in [-0.39, 0.29) is 12.0 Å². The van der Waals surface area contributed by atoms with Gasteiger partial charge in [0, 0.05) is 27.6 Å². The lowest BCUT2D eigenvalue weighted by Crippen LogP contribution is -2.27. The zero-order valence-electron chi connectivity index (χ0n) is 17.2. The lowest BCUT2D eigenvalue weighted by atomic mass is 10.2. The molecule has 31 heavy (non-hydrogen) atoms. The molecule has 0 aliphatic heterocycles. The summed E-state index contributed by atoms with van der Waals surface area (Å²) in [6, 6.07) is 19.4. The van der Waals surface area contributed by atoms with Gasteiger partial charge in [0.25, 0.3) is 5.91 Å². The number of hydrogen-bond acceptors (Lipinski definition) is 5. The Kier molecular flexibility index (Phi) is 6.45. The third kappa shape index (κ3) is 5.20. The Morgan fingerprint density at radius 2 is 1.97 bits per heavy atom. The van der Waals surface area contributed by atoms with Crippen LogP contribution >= 0.6 is 11.8 Å². The van der Waals surface area contributed by atoms with Crippen LogP contribution in [0.2, 0.25) is 0 Å². The Bertz CT molecular complexity index is 1220. The first-order valence-electron chi connectivity index (χ1n) is 9.89. The average Bonchev–Trinajstić information content (AvgIpc) is 3.19. The summed E-state index contributed by atoms with van der Waals surface area (Å²) in [5, 5.41) is 5.49. The Hall–Kier alpha value is -3.42. The van der Waals surface area contributed by atoms with Gasteiger partial charge in [-0.15, -0.1) is 0 Å². The molecular formula is C24H22N4O2S. The van der Waals surface area contributed by atoms with E-state index in [0.29, 0.717) is 5.56 Å². The normalized spacial score (nSPS) is 11.5. The minimum Gasteiger partial charge on any atom is -0.271 e. The van der Waals surface area contributed by atoms with E-state index < -0.39 is 0 Å². The van der Waals surface area contributed by atoms with Crippen LogP contribution in [-0.4, -0.2) is 26.8 Å². The van der Waals surface area contributed by atoms with Gasteiger partial charge in [-0.25, -0.2) is 10.2 Å². The summed E-state index contributed by atoms with van der Waals surface area (Å²) in [4.78, 5) is 23.9. The number of hydroxylamine groups is 1. The molecule has 0 atom stereocenters. The highest BCUT2D eigenvalue weighted by Gasteiger charge is 2.13. The molecule has 0 saturated carbocycles. The predicted molar refractivity (Wildman–Crippen MR) is 123 cm³/mol. The van der Waals surface area contributed by atoms with E-state index in [1.165, 1.54) is 11.8 Å². The van der Waals surface area contributed by atoms with Gasteiger partial charge in [0.1, 0.15) is 0 Å². The first-order valence-corrected chi connectivity index (χ1v) is 10.7. The largest absolute Gasteiger partial charge is 0.275 e. The molecule has 1 N–H and O–H groups in total. The Labute approximate surface area is 184 Å². The van der Waals surface area contributed by atoms with Gasteiger partial charge in [-0.1, -0.05) is 36.0 Å². The molecule has 2 aromatic carbocycles. The fourth-order valence-corrected chi connectivity index (χ4v) is 3.90. The van der Waals surface area contributed by atoms with E-state index in [1.54, 1.807) is 12.3 Å². The molecule has 2 heterocycles. The Balaban J connectivity index is 1.59. The molecule has 2 aromatic heterocycles. The van der Waals surface area contributed by atoms with Crippen molar-refractivity contribution in [2.45, 2.75) is 29.7 Å². The summed E-state index contributed by atoms with van der Waals surface area (Å²) in [5.74, 6) is -0.263. The van der Waals surface area contributed by atoms with Crippen LogP contribution in [0, 0.1) is 0 Å². The second-order valence-electron chi connectivity index (χ2n) is 7.08. The lowest BCUT2D eigenvalue weighted by Gasteiger charge is -2.11. The van der Waals surface area contributed by atoms with Crippen LogP contribution in [0.25, 0.3) is 23.2 Å². The van der Waals surface area contributed by atoms with Crippen molar-refractivity contribution in [1.29, 1.82) is 0 Å². The van der Waals surface area contributed by atoms with Gasteiger partial charge in [0.05, 0.1) is 29.1 Å². The fourth-order valence-electron chi connectivity index (χ4n) is 2.92. The topological polar surface area (TPSA) is 69.0 Å². The summed E-state index contributed by atoms with van der Waals surface area (Å²) in [5.41, 5.74) is 4.91. The highest BCUT2D eigenvalue weighted by atomic mass is 32.2. The molecule has 0 bridgehead atoms. The smallest absolute Gasteiger partial charge is 0.271 e. The van der Waals surface area contributed by atoms with Crippen LogP contribution < -0.4 is 5.48 Å². The third-order valence-corrected chi connectivity index (χ3v) is 5.46. The number of carbonyl (C=O) groups excluding carboxylic acids is 1. The maximum Gasteiger partial charge on any atom is 0.275 e. The van der Waals surface area contributed by atoms with Crippen LogP contribution in [0.4, 0.5) is 0 Å². The summed E-state index contributed by atoms with van der Waals surface area (Å²) < 4.78 is 1.82. The zero-order valence-corrected chi connectivity index (χ0v) is 18.0. The molecular weight excluding hydrogens is 408 g/mol. The molecule has 0 saturated heterocycles. The molecule has 4 rings (SSSR count). The Morgan fingerprint density at radius 1 is 1.13 bits per heavy atom. The van der Waals surface area contributed by atoms with Gasteiger partial charge in [-0.2, -0.15) is 5.10 Å². The highest BCUT2D eigenvalue weighted by molar-refractivity contribution is 7.99. The second kappa shape index (κ2) is 9.59. The van der Waals surface area contributed by atoms with E-state index in [1.807, 2.05) is 85.5 Å². The molecule has 7 heteroatoms. The molecule has 1 amide bonds. The summed E-state index contributed by atoms with van der Waals surface area (Å²) in [6.07, 6.45) is 7.31. The van der Waals surface area contributed by atoms with Crippen LogP contribution in [0.3, 0.4) is 0 Å². The maximum atomic E-state index is 12.5. The Morgan fingerprint density at radius 3 is 2.77 bits per heavy atom. The van der Waals surface area contributed by atoms with Gasteiger partial charge in [-0.05, 0) is 56.3 Å². The van der Waals surface area contributed by atoms with E-state index in [4.69, 9.17) is 4.84 Å². The van der Waals surface area contributed by atoms with Crippen LogP contribution in [0.1, 0.15) is 29.9 Å². The molecule has 0 spiro atoms. The highest BCUT2D eigenvalue weighted by Crippen LogP contribution is 2.32. The second-order valence-corrected chi connectivity index (χ2v) is 8.19. The zero-order chi connectivity index (χ0) is 21.6. The molecule has 0 radical (unpaired) electrons. The van der Waals surface area contributed by atoms with Crippen LogP contribution in [0.15, 0.2) is 82.8 Å². The van der Waals surface area contributed by atoms with Gasteiger partial charge in [-0.3, -0.25) is 14.6 Å². The van der Waals surface area contributed by atoms with Crippen molar-refractivity contribution in [2.24, 2.45) is 0 Å². The molecule has 4 aromatic rings. The number of carbonyl (C=O) groups is 1. The van der Waals surface area contributed by atoms with Gasteiger partial charge < -0.3 is 0 Å². The van der Waals surface area contributed by atoms with Crippen LogP contribution in [-0.2, 0) is 4.84 Å².